The van der Waals surface area contributed by atoms with E-state index in [0.29, 0.717) is 0 Å². The Bertz CT molecular complexity index is 678. The van der Waals surface area contributed by atoms with Crippen LogP contribution in [0.15, 0.2) is 51.6 Å². The third-order valence-electron chi connectivity index (χ3n) is 2.70. The number of aliphatic hydroxyl groups excluding tert-OH is 1. The van der Waals surface area contributed by atoms with Crippen molar-refractivity contribution in [3.63, 3.8) is 0 Å². The molecule has 3 rings (SSSR count). The van der Waals surface area contributed by atoms with Gasteiger partial charge in [0, 0.05) is 5.38 Å². The zero-order valence-corrected chi connectivity index (χ0v) is 13.0. The van der Waals surface area contributed by atoms with Crippen LogP contribution in [0.3, 0.4) is 0 Å². The van der Waals surface area contributed by atoms with Crippen LogP contribution < -0.4 is 0 Å². The van der Waals surface area contributed by atoms with Gasteiger partial charge in [-0.1, -0.05) is 30.3 Å². The molecule has 0 radical (unpaired) electrons. The van der Waals surface area contributed by atoms with E-state index < -0.39 is 6.10 Å². The van der Waals surface area contributed by atoms with Gasteiger partial charge in [-0.25, -0.2) is 4.98 Å². The molecular weight excluding hydrogens is 342 g/mol. The van der Waals surface area contributed by atoms with E-state index in [1.807, 2.05) is 47.8 Å². The number of aliphatic hydroxyl groups is 1. The number of thiophene rings is 1. The number of hydrogen-bond donors (Lipinski definition) is 1. The van der Waals surface area contributed by atoms with Gasteiger partial charge in [0.2, 0.25) is 0 Å². The number of hydrogen-bond acceptors (Lipinski definition) is 4. The highest BCUT2D eigenvalue weighted by molar-refractivity contribution is 9.11. The van der Waals surface area contributed by atoms with Crippen molar-refractivity contribution < 1.29 is 5.11 Å². The van der Waals surface area contributed by atoms with E-state index in [9.17, 15) is 5.11 Å². The van der Waals surface area contributed by atoms with Gasteiger partial charge in [-0.05, 0) is 33.6 Å². The number of benzene rings is 1. The van der Waals surface area contributed by atoms with Crippen molar-refractivity contribution in [1.29, 1.82) is 0 Å². The highest BCUT2D eigenvalue weighted by Crippen LogP contribution is 2.34. The van der Waals surface area contributed by atoms with Gasteiger partial charge in [0.25, 0.3) is 0 Å². The molecule has 0 aliphatic heterocycles. The van der Waals surface area contributed by atoms with Gasteiger partial charge in [0.15, 0.2) is 0 Å². The lowest BCUT2D eigenvalue weighted by Gasteiger charge is -2.06. The van der Waals surface area contributed by atoms with E-state index in [0.717, 1.165) is 24.9 Å². The Balaban J connectivity index is 1.89. The first-order valence-electron chi connectivity index (χ1n) is 5.68. The van der Waals surface area contributed by atoms with Crippen molar-refractivity contribution in [3.05, 3.63) is 62.2 Å². The maximum Gasteiger partial charge on any atom is 0.131 e. The molecule has 0 amide bonds. The minimum atomic E-state index is -0.650. The fourth-order valence-corrected chi connectivity index (χ4v) is 4.01. The van der Waals surface area contributed by atoms with Crippen molar-refractivity contribution in [3.8, 4) is 10.6 Å². The van der Waals surface area contributed by atoms with Gasteiger partial charge in [-0.15, -0.1) is 22.7 Å². The number of nitrogens with zero attached hydrogens (tertiary/aromatic N) is 1. The fraction of sp³-hybridized carbons (Fsp3) is 0.0714. The highest BCUT2D eigenvalue weighted by Gasteiger charge is 2.15. The maximum absolute atomic E-state index is 10.3. The number of aromatic nitrogens is 1. The average Bonchev–Trinajstić information content (AvgIpc) is 3.07. The van der Waals surface area contributed by atoms with Crippen molar-refractivity contribution in [2.75, 3.05) is 0 Å². The second kappa shape index (κ2) is 5.54. The summed E-state index contributed by atoms with van der Waals surface area (Å²) < 4.78 is 1.08. The van der Waals surface area contributed by atoms with Crippen LogP contribution in [-0.4, -0.2) is 10.1 Å². The number of halogens is 1. The SMILES string of the molecule is OC(c1ccccc1)c1nc(-c2ccc(Br)s2)cs1. The van der Waals surface area contributed by atoms with Crippen LogP contribution in [0.25, 0.3) is 10.6 Å². The first-order chi connectivity index (χ1) is 9.24. The summed E-state index contributed by atoms with van der Waals surface area (Å²) in [6.07, 6.45) is -0.650. The Kier molecular flexibility index (Phi) is 3.79. The topological polar surface area (TPSA) is 33.1 Å². The monoisotopic (exact) mass is 351 g/mol. The van der Waals surface area contributed by atoms with E-state index in [1.54, 1.807) is 11.3 Å². The van der Waals surface area contributed by atoms with Gasteiger partial charge in [-0.3, -0.25) is 0 Å². The lowest BCUT2D eigenvalue weighted by atomic mass is 10.1. The van der Waals surface area contributed by atoms with Crippen molar-refractivity contribution in [2.45, 2.75) is 6.10 Å². The normalized spacial score (nSPS) is 12.5. The minimum absolute atomic E-state index is 0.650. The fourth-order valence-electron chi connectivity index (χ4n) is 1.76. The van der Waals surface area contributed by atoms with Crippen LogP contribution in [0.5, 0.6) is 0 Å². The molecule has 19 heavy (non-hydrogen) atoms. The molecule has 1 aromatic carbocycles. The van der Waals surface area contributed by atoms with Crippen molar-refractivity contribution in [1.82, 2.24) is 4.98 Å². The Morgan fingerprint density at radius 1 is 1.11 bits per heavy atom. The molecule has 96 valence electrons. The molecule has 0 saturated heterocycles. The first kappa shape index (κ1) is 13.0. The smallest absolute Gasteiger partial charge is 0.131 e. The van der Waals surface area contributed by atoms with Crippen LogP contribution in [-0.2, 0) is 0 Å². The summed E-state index contributed by atoms with van der Waals surface area (Å²) in [7, 11) is 0. The second-order valence-electron chi connectivity index (χ2n) is 3.99. The quantitative estimate of drug-likeness (QED) is 0.740. The molecule has 1 unspecified atom stereocenters. The van der Waals surface area contributed by atoms with Crippen molar-refractivity contribution >= 4 is 38.6 Å². The van der Waals surface area contributed by atoms with E-state index in [-0.39, 0.29) is 0 Å². The van der Waals surface area contributed by atoms with Crippen LogP contribution in [0.4, 0.5) is 0 Å². The third-order valence-corrected chi connectivity index (χ3v) is 5.24. The molecule has 0 aliphatic rings. The van der Waals surface area contributed by atoms with Crippen LogP contribution in [0, 0.1) is 0 Å². The van der Waals surface area contributed by atoms with Crippen LogP contribution in [0.1, 0.15) is 16.7 Å². The Labute approximate surface area is 127 Å². The molecule has 2 aromatic heterocycles. The predicted molar refractivity (Wildman–Crippen MR) is 83.6 cm³/mol. The molecule has 0 fully saturated rings. The van der Waals surface area contributed by atoms with E-state index >= 15 is 0 Å². The second-order valence-corrected chi connectivity index (χ2v) is 7.34. The molecule has 1 atom stereocenters. The lowest BCUT2D eigenvalue weighted by molar-refractivity contribution is 0.220. The summed E-state index contributed by atoms with van der Waals surface area (Å²) in [5.74, 6) is 0. The average molecular weight is 352 g/mol. The van der Waals surface area contributed by atoms with Gasteiger partial charge in [0.1, 0.15) is 11.1 Å². The lowest BCUT2D eigenvalue weighted by Crippen LogP contribution is -1.98. The zero-order valence-electron chi connectivity index (χ0n) is 9.79. The molecule has 3 aromatic rings. The molecule has 2 nitrogen and oxygen atoms in total. The van der Waals surface area contributed by atoms with Gasteiger partial charge in [0.05, 0.1) is 14.4 Å². The highest BCUT2D eigenvalue weighted by atomic mass is 79.9. The molecule has 2 heterocycles. The first-order valence-corrected chi connectivity index (χ1v) is 8.17. The molecule has 0 spiro atoms. The van der Waals surface area contributed by atoms with E-state index in [4.69, 9.17) is 0 Å². The van der Waals surface area contributed by atoms with Gasteiger partial charge >= 0.3 is 0 Å². The molecule has 5 heteroatoms. The summed E-state index contributed by atoms with van der Waals surface area (Å²) >= 11 is 6.57. The summed E-state index contributed by atoms with van der Waals surface area (Å²) in [4.78, 5) is 5.63. The predicted octanol–water partition coefficient (Wildman–Crippen LogP) is 4.72. The van der Waals surface area contributed by atoms with Gasteiger partial charge < -0.3 is 5.11 Å². The maximum atomic E-state index is 10.3. The number of thiazole rings is 1. The summed E-state index contributed by atoms with van der Waals surface area (Å²) in [5, 5.41) is 13.0. The molecule has 1 N–H and O–H groups in total. The minimum Gasteiger partial charge on any atom is -0.381 e. The van der Waals surface area contributed by atoms with Gasteiger partial charge in [-0.2, -0.15) is 0 Å². The van der Waals surface area contributed by atoms with Crippen molar-refractivity contribution in [2.24, 2.45) is 0 Å². The largest absolute Gasteiger partial charge is 0.381 e. The molecule has 0 aliphatic carbocycles. The van der Waals surface area contributed by atoms with Crippen LogP contribution >= 0.6 is 38.6 Å². The van der Waals surface area contributed by atoms with Crippen LogP contribution in [0.2, 0.25) is 0 Å². The van der Waals surface area contributed by atoms with E-state index in [1.165, 1.54) is 11.3 Å². The summed E-state index contributed by atoms with van der Waals surface area (Å²) in [6.45, 7) is 0. The zero-order chi connectivity index (χ0) is 13.2. The Morgan fingerprint density at radius 2 is 1.89 bits per heavy atom. The standard InChI is InChI=1S/C14H10BrNOS2/c15-12-7-6-11(19-12)10-8-18-14(16-10)13(17)9-4-2-1-3-5-9/h1-8,13,17H. The van der Waals surface area contributed by atoms with E-state index in [2.05, 4.69) is 20.9 Å². The Morgan fingerprint density at radius 3 is 2.58 bits per heavy atom. The summed E-state index contributed by atoms with van der Waals surface area (Å²) in [5.41, 5.74) is 1.79. The third kappa shape index (κ3) is 2.79. The molecular formula is C14H10BrNOS2. The Hall–Kier alpha value is -1.01. The molecule has 0 bridgehead atoms. The number of rotatable bonds is 3. The molecule has 0 saturated carbocycles. The summed E-state index contributed by atoms with van der Waals surface area (Å²) in [6, 6.07) is 13.6.